The minimum Gasteiger partial charge on any atom is -0.486 e. The fraction of sp³-hybridized carbons (Fsp3) is 0.421. The van der Waals surface area contributed by atoms with Crippen molar-refractivity contribution in [3.05, 3.63) is 42.0 Å². The number of rotatable bonds is 5. The molecule has 1 aromatic carbocycles. The van der Waals surface area contributed by atoms with Crippen LogP contribution in [0, 0.1) is 6.92 Å². The van der Waals surface area contributed by atoms with Crippen LogP contribution in [-0.4, -0.2) is 42.4 Å². The van der Waals surface area contributed by atoms with E-state index in [9.17, 15) is 4.79 Å². The van der Waals surface area contributed by atoms with E-state index in [0.29, 0.717) is 18.8 Å². The van der Waals surface area contributed by atoms with Gasteiger partial charge in [-0.2, -0.15) is 0 Å². The zero-order valence-corrected chi connectivity index (χ0v) is 14.9. The highest BCUT2D eigenvalue weighted by molar-refractivity contribution is 5.85. The molecule has 1 aromatic heterocycles. The summed E-state index contributed by atoms with van der Waals surface area (Å²) in [7, 11) is 0. The first-order valence-electron chi connectivity index (χ1n) is 8.64. The van der Waals surface area contributed by atoms with Gasteiger partial charge in [0.15, 0.2) is 12.0 Å². The average Bonchev–Trinajstić information content (AvgIpc) is 3.30. The molecular weight excluding hydrogens is 336 g/mol. The molecule has 1 amide bonds. The van der Waals surface area contributed by atoms with E-state index in [0.717, 1.165) is 22.5 Å². The second-order valence-electron chi connectivity index (χ2n) is 6.76. The number of ether oxygens (including phenoxy) is 3. The van der Waals surface area contributed by atoms with E-state index in [4.69, 9.17) is 24.4 Å². The molecule has 0 bridgehead atoms. The van der Waals surface area contributed by atoms with Gasteiger partial charge in [-0.15, -0.1) is 0 Å². The third-order valence-corrected chi connectivity index (χ3v) is 4.94. The molecule has 2 aliphatic rings. The van der Waals surface area contributed by atoms with Crippen LogP contribution in [-0.2, 0) is 14.3 Å². The molecule has 0 saturated carbocycles. The number of amides is 1. The largest absolute Gasteiger partial charge is 0.486 e. The number of primary amides is 1. The summed E-state index contributed by atoms with van der Waals surface area (Å²) >= 11 is 0. The number of benzene rings is 1. The summed E-state index contributed by atoms with van der Waals surface area (Å²) in [6.07, 6.45) is 2.06. The van der Waals surface area contributed by atoms with Gasteiger partial charge in [-0.3, -0.25) is 4.79 Å². The molecule has 2 aliphatic heterocycles. The monoisotopic (exact) mass is 358 g/mol. The summed E-state index contributed by atoms with van der Waals surface area (Å²) < 4.78 is 22.7. The Balaban J connectivity index is 1.48. The number of fused-ring (bicyclic) bond motifs is 1. The van der Waals surface area contributed by atoms with Crippen molar-refractivity contribution in [1.29, 1.82) is 0 Å². The fourth-order valence-electron chi connectivity index (χ4n) is 3.59. The van der Waals surface area contributed by atoms with Gasteiger partial charge in [0.2, 0.25) is 5.91 Å². The Hall–Kier alpha value is -2.67. The van der Waals surface area contributed by atoms with Crippen LogP contribution in [0.1, 0.15) is 19.1 Å². The molecule has 1 fully saturated rings. The number of carbonyl (C=O) groups is 1. The zero-order valence-electron chi connectivity index (χ0n) is 14.9. The lowest BCUT2D eigenvalue weighted by Crippen LogP contribution is -2.57. The second kappa shape index (κ2) is 6.25. The van der Waals surface area contributed by atoms with Crippen molar-refractivity contribution in [3.8, 4) is 5.75 Å². The number of hydrogen-bond acceptors (Lipinski definition) is 6. The SMILES string of the molecule is Cc1cc2cc(OCC3=CN(C4(C(N)=O)CCOC4)C(C)O3)ccc2o1. The number of nitrogens with zero attached hydrogens (tertiary/aromatic N) is 1. The summed E-state index contributed by atoms with van der Waals surface area (Å²) in [5, 5.41) is 0.993. The van der Waals surface area contributed by atoms with Gasteiger partial charge in [-0.25, -0.2) is 0 Å². The van der Waals surface area contributed by atoms with E-state index in [-0.39, 0.29) is 19.4 Å². The maximum absolute atomic E-state index is 12.0. The zero-order chi connectivity index (χ0) is 18.3. The van der Waals surface area contributed by atoms with Crippen LogP contribution in [0.25, 0.3) is 11.0 Å². The third kappa shape index (κ3) is 2.78. The first-order chi connectivity index (χ1) is 12.5. The highest BCUT2D eigenvalue weighted by atomic mass is 16.6. The first kappa shape index (κ1) is 16.8. The van der Waals surface area contributed by atoms with Crippen molar-refractivity contribution in [2.75, 3.05) is 19.8 Å². The minimum atomic E-state index is -0.853. The lowest BCUT2D eigenvalue weighted by atomic mass is 9.95. The van der Waals surface area contributed by atoms with Crippen molar-refractivity contribution in [2.24, 2.45) is 5.73 Å². The molecule has 26 heavy (non-hydrogen) atoms. The maximum atomic E-state index is 12.0. The lowest BCUT2D eigenvalue weighted by molar-refractivity contribution is -0.133. The molecule has 1 saturated heterocycles. The van der Waals surface area contributed by atoms with Crippen LogP contribution in [0.2, 0.25) is 0 Å². The van der Waals surface area contributed by atoms with Crippen molar-refractivity contribution in [1.82, 2.24) is 4.90 Å². The highest BCUT2D eigenvalue weighted by Crippen LogP contribution is 2.34. The summed E-state index contributed by atoms with van der Waals surface area (Å²) in [6.45, 7) is 4.84. The number of carbonyl (C=O) groups excluding carboxylic acids is 1. The number of nitrogens with two attached hydrogens (primary N) is 1. The van der Waals surface area contributed by atoms with Gasteiger partial charge >= 0.3 is 0 Å². The summed E-state index contributed by atoms with van der Waals surface area (Å²) in [4.78, 5) is 13.9. The van der Waals surface area contributed by atoms with Crippen molar-refractivity contribution < 1.29 is 23.4 Å². The predicted molar refractivity (Wildman–Crippen MR) is 94.3 cm³/mol. The Bertz CT molecular complexity index is 866. The van der Waals surface area contributed by atoms with Crippen LogP contribution in [0.15, 0.2) is 40.6 Å². The Morgan fingerprint density at radius 2 is 2.27 bits per heavy atom. The topological polar surface area (TPSA) is 87.2 Å². The van der Waals surface area contributed by atoms with Gasteiger partial charge in [0.25, 0.3) is 0 Å². The molecule has 138 valence electrons. The average molecular weight is 358 g/mol. The van der Waals surface area contributed by atoms with Crippen molar-refractivity contribution >= 4 is 16.9 Å². The molecule has 0 spiro atoms. The number of hydrogen-bond donors (Lipinski definition) is 1. The highest BCUT2D eigenvalue weighted by Gasteiger charge is 2.49. The number of furan rings is 1. The van der Waals surface area contributed by atoms with Gasteiger partial charge in [0.1, 0.15) is 29.2 Å². The summed E-state index contributed by atoms with van der Waals surface area (Å²) in [5.74, 6) is 1.83. The van der Waals surface area contributed by atoms with Crippen LogP contribution in [0.5, 0.6) is 5.75 Å². The molecule has 7 heteroatoms. The smallest absolute Gasteiger partial charge is 0.245 e. The molecule has 2 atom stereocenters. The quantitative estimate of drug-likeness (QED) is 0.882. The molecule has 2 aromatic rings. The normalized spacial score (nSPS) is 25.4. The van der Waals surface area contributed by atoms with Gasteiger partial charge in [-0.05, 0) is 38.1 Å². The molecule has 4 rings (SSSR count). The minimum absolute atomic E-state index is 0.263. The molecule has 2 N–H and O–H groups in total. The molecular formula is C19H22N2O5. The molecule has 0 radical (unpaired) electrons. The Labute approximate surface area is 151 Å². The third-order valence-electron chi connectivity index (χ3n) is 4.94. The molecule has 0 aliphatic carbocycles. The second-order valence-corrected chi connectivity index (χ2v) is 6.76. The Morgan fingerprint density at radius 3 is 3.00 bits per heavy atom. The van der Waals surface area contributed by atoms with Gasteiger partial charge in [0, 0.05) is 24.6 Å². The summed E-state index contributed by atoms with van der Waals surface area (Å²) in [5.41, 5.74) is 5.63. The first-order valence-corrected chi connectivity index (χ1v) is 8.64. The van der Waals surface area contributed by atoms with E-state index in [1.807, 2.05) is 49.2 Å². The Morgan fingerprint density at radius 1 is 1.42 bits per heavy atom. The Kier molecular flexibility index (Phi) is 4.03. The van der Waals surface area contributed by atoms with E-state index in [1.165, 1.54) is 0 Å². The lowest BCUT2D eigenvalue weighted by Gasteiger charge is -2.36. The van der Waals surface area contributed by atoms with E-state index in [2.05, 4.69) is 0 Å². The van der Waals surface area contributed by atoms with Crippen LogP contribution in [0.3, 0.4) is 0 Å². The van der Waals surface area contributed by atoms with Crippen molar-refractivity contribution in [3.63, 3.8) is 0 Å². The maximum Gasteiger partial charge on any atom is 0.245 e. The van der Waals surface area contributed by atoms with Crippen LogP contribution >= 0.6 is 0 Å². The standard InChI is InChI=1S/C19H22N2O5/c1-12-7-14-8-15(3-4-17(14)25-12)24-10-16-9-21(13(2)26-16)19(18(20)22)5-6-23-11-19/h3-4,7-9,13H,5-6,10-11H2,1-2H3,(H2,20,22). The van der Waals surface area contributed by atoms with Crippen LogP contribution in [0.4, 0.5) is 0 Å². The molecule has 7 nitrogen and oxygen atoms in total. The van der Waals surface area contributed by atoms with Crippen molar-refractivity contribution in [2.45, 2.75) is 32.0 Å². The van der Waals surface area contributed by atoms with E-state index >= 15 is 0 Å². The fourth-order valence-corrected chi connectivity index (χ4v) is 3.59. The van der Waals surface area contributed by atoms with Gasteiger partial charge < -0.3 is 29.3 Å². The molecule has 2 unspecified atom stereocenters. The molecule has 3 heterocycles. The van der Waals surface area contributed by atoms with Crippen LogP contribution < -0.4 is 10.5 Å². The van der Waals surface area contributed by atoms with E-state index < -0.39 is 11.4 Å². The predicted octanol–water partition coefficient (Wildman–Crippen LogP) is 2.28. The van der Waals surface area contributed by atoms with E-state index in [1.54, 1.807) is 0 Å². The number of aryl methyl sites for hydroxylation is 1. The van der Waals surface area contributed by atoms with Gasteiger partial charge in [-0.1, -0.05) is 0 Å². The van der Waals surface area contributed by atoms with Gasteiger partial charge in [0.05, 0.1) is 6.61 Å². The summed E-state index contributed by atoms with van der Waals surface area (Å²) in [6, 6.07) is 7.64.